The van der Waals surface area contributed by atoms with Gasteiger partial charge in [0.05, 0.1) is 5.69 Å². The third-order valence-electron chi connectivity index (χ3n) is 5.72. The Morgan fingerprint density at radius 2 is 1.80 bits per heavy atom. The van der Waals surface area contributed by atoms with E-state index in [2.05, 4.69) is 4.98 Å². The van der Waals surface area contributed by atoms with Crippen LogP contribution >= 0.6 is 0 Å². The molecule has 0 amide bonds. The lowest BCUT2D eigenvalue weighted by molar-refractivity contribution is -0.0182. The van der Waals surface area contributed by atoms with Crippen LogP contribution in [0.4, 0.5) is 0 Å². The van der Waals surface area contributed by atoms with E-state index in [4.69, 9.17) is 4.42 Å². The summed E-state index contributed by atoms with van der Waals surface area (Å²) in [6.07, 6.45) is 8.19. The summed E-state index contributed by atoms with van der Waals surface area (Å²) in [5, 5.41) is 9.26. The number of carboxylic acids is 1. The van der Waals surface area contributed by atoms with Crippen LogP contribution < -0.4 is 0 Å². The Balaban J connectivity index is 1.75. The Labute approximate surface area is 118 Å². The number of aromatic carboxylic acids is 1. The van der Waals surface area contributed by atoms with Gasteiger partial charge < -0.3 is 9.52 Å². The number of aryl methyl sites for hydroxylation is 1. The Hall–Kier alpha value is -1.32. The smallest absolute Gasteiger partial charge is 0.373 e. The normalized spacial score (nSPS) is 38.4. The second-order valence-corrected chi connectivity index (χ2v) is 7.15. The molecule has 5 rings (SSSR count). The highest BCUT2D eigenvalue weighted by Gasteiger charge is 2.54. The van der Waals surface area contributed by atoms with E-state index in [9.17, 15) is 9.90 Å². The Bertz CT molecular complexity index is 525. The van der Waals surface area contributed by atoms with E-state index < -0.39 is 5.97 Å². The minimum absolute atomic E-state index is 0.0480. The van der Waals surface area contributed by atoms with Crippen LogP contribution in [-0.4, -0.2) is 16.1 Å². The zero-order valence-electron chi connectivity index (χ0n) is 11.9. The van der Waals surface area contributed by atoms with E-state index in [0.29, 0.717) is 12.1 Å². The first-order valence-electron chi connectivity index (χ1n) is 7.83. The van der Waals surface area contributed by atoms with Crippen molar-refractivity contribution in [1.82, 2.24) is 4.98 Å². The Morgan fingerprint density at radius 3 is 2.20 bits per heavy atom. The number of nitrogens with zero attached hydrogens (tertiary/aromatic N) is 1. The van der Waals surface area contributed by atoms with Gasteiger partial charge in [0, 0.05) is 5.41 Å². The van der Waals surface area contributed by atoms with Gasteiger partial charge in [-0.2, -0.15) is 0 Å². The van der Waals surface area contributed by atoms with Crippen molar-refractivity contribution < 1.29 is 14.3 Å². The molecule has 4 bridgehead atoms. The van der Waals surface area contributed by atoms with E-state index in [1.807, 2.05) is 6.92 Å². The maximum atomic E-state index is 11.3. The summed E-state index contributed by atoms with van der Waals surface area (Å²) in [7, 11) is 0. The van der Waals surface area contributed by atoms with Crippen LogP contribution in [0.2, 0.25) is 0 Å². The molecule has 4 aliphatic rings. The number of rotatable bonds is 3. The summed E-state index contributed by atoms with van der Waals surface area (Å²) in [6, 6.07) is 0. The van der Waals surface area contributed by atoms with E-state index in [1.54, 1.807) is 0 Å². The number of oxazole rings is 1. The summed E-state index contributed by atoms with van der Waals surface area (Å²) in [4.78, 5) is 15.9. The molecule has 1 heterocycles. The van der Waals surface area contributed by atoms with Crippen molar-refractivity contribution in [3.05, 3.63) is 17.3 Å². The topological polar surface area (TPSA) is 63.3 Å². The zero-order valence-corrected chi connectivity index (χ0v) is 11.9. The summed E-state index contributed by atoms with van der Waals surface area (Å²) >= 11 is 0. The lowest BCUT2D eigenvalue weighted by Crippen LogP contribution is -2.48. The molecule has 20 heavy (non-hydrogen) atoms. The summed E-state index contributed by atoms with van der Waals surface area (Å²) < 4.78 is 5.74. The van der Waals surface area contributed by atoms with Crippen molar-refractivity contribution >= 4 is 5.97 Å². The molecule has 108 valence electrons. The minimum atomic E-state index is -0.981. The first kappa shape index (κ1) is 12.4. The second kappa shape index (κ2) is 4.09. The van der Waals surface area contributed by atoms with Crippen LogP contribution in [0.15, 0.2) is 4.42 Å². The Morgan fingerprint density at radius 1 is 1.25 bits per heavy atom. The Kier molecular flexibility index (Phi) is 2.54. The van der Waals surface area contributed by atoms with Gasteiger partial charge in [-0.1, -0.05) is 6.92 Å². The molecule has 1 aromatic rings. The molecule has 0 aromatic carbocycles. The predicted molar refractivity (Wildman–Crippen MR) is 72.7 cm³/mol. The molecule has 1 aromatic heterocycles. The minimum Gasteiger partial charge on any atom is -0.475 e. The molecule has 4 heteroatoms. The molecular weight excluding hydrogens is 254 g/mol. The van der Waals surface area contributed by atoms with Crippen molar-refractivity contribution in [2.24, 2.45) is 17.8 Å². The first-order valence-corrected chi connectivity index (χ1v) is 7.83. The third kappa shape index (κ3) is 1.66. The number of carbonyl (C=O) groups is 1. The predicted octanol–water partition coefficient (Wildman–Crippen LogP) is 3.40. The molecule has 0 unspecified atom stereocenters. The van der Waals surface area contributed by atoms with Crippen molar-refractivity contribution in [1.29, 1.82) is 0 Å². The average molecular weight is 275 g/mol. The fourth-order valence-electron chi connectivity index (χ4n) is 5.36. The number of carboxylic acid groups (broad SMARTS) is 1. The second-order valence-electron chi connectivity index (χ2n) is 7.15. The van der Waals surface area contributed by atoms with E-state index in [1.165, 1.54) is 19.3 Å². The molecule has 0 aliphatic heterocycles. The SMILES string of the molecule is CCc1nc(C23CC4CC(CC(C4)C2)C3)oc1C(=O)O. The highest BCUT2D eigenvalue weighted by Crippen LogP contribution is 2.60. The highest BCUT2D eigenvalue weighted by molar-refractivity contribution is 5.85. The third-order valence-corrected chi connectivity index (χ3v) is 5.72. The molecule has 1 N–H and O–H groups in total. The molecule has 0 saturated heterocycles. The highest BCUT2D eigenvalue weighted by atomic mass is 16.4. The van der Waals surface area contributed by atoms with Gasteiger partial charge in [-0.05, 0) is 62.7 Å². The molecule has 4 saturated carbocycles. The maximum absolute atomic E-state index is 11.3. The van der Waals surface area contributed by atoms with Crippen molar-refractivity contribution in [2.45, 2.75) is 57.3 Å². The van der Waals surface area contributed by atoms with Crippen LogP contribution in [-0.2, 0) is 11.8 Å². The molecular formula is C16H21NO3. The van der Waals surface area contributed by atoms with Crippen LogP contribution in [0.5, 0.6) is 0 Å². The van der Waals surface area contributed by atoms with Gasteiger partial charge in [0.15, 0.2) is 0 Å². The zero-order chi connectivity index (χ0) is 13.9. The number of hydrogen-bond acceptors (Lipinski definition) is 3. The van der Waals surface area contributed by atoms with E-state index >= 15 is 0 Å². The van der Waals surface area contributed by atoms with Gasteiger partial charge in [0.25, 0.3) is 0 Å². The lowest BCUT2D eigenvalue weighted by Gasteiger charge is -2.55. The van der Waals surface area contributed by atoms with Gasteiger partial charge in [0.1, 0.15) is 0 Å². The van der Waals surface area contributed by atoms with Crippen LogP contribution in [0.25, 0.3) is 0 Å². The van der Waals surface area contributed by atoms with Crippen LogP contribution in [0.1, 0.15) is 67.6 Å². The van der Waals surface area contributed by atoms with Crippen molar-refractivity contribution in [3.8, 4) is 0 Å². The summed E-state index contributed by atoms with van der Waals surface area (Å²) in [6.45, 7) is 1.94. The van der Waals surface area contributed by atoms with Gasteiger partial charge in [-0.25, -0.2) is 9.78 Å². The average Bonchev–Trinajstić information content (AvgIpc) is 2.82. The molecule has 4 nitrogen and oxygen atoms in total. The standard InChI is InChI=1S/C16H21NO3/c1-2-12-13(14(18)19)20-15(17-12)16-6-9-3-10(7-16)5-11(4-9)8-16/h9-11H,2-8H2,1H3,(H,18,19). The van der Waals surface area contributed by atoms with Crippen molar-refractivity contribution in [3.63, 3.8) is 0 Å². The van der Waals surface area contributed by atoms with Gasteiger partial charge in [-0.3, -0.25) is 0 Å². The quantitative estimate of drug-likeness (QED) is 0.918. The van der Waals surface area contributed by atoms with Gasteiger partial charge in [-0.15, -0.1) is 0 Å². The van der Waals surface area contributed by atoms with Crippen LogP contribution in [0, 0.1) is 17.8 Å². The maximum Gasteiger partial charge on any atom is 0.373 e. The van der Waals surface area contributed by atoms with Gasteiger partial charge in [0.2, 0.25) is 11.7 Å². The fraction of sp³-hybridized carbons (Fsp3) is 0.750. The van der Waals surface area contributed by atoms with Crippen LogP contribution in [0.3, 0.4) is 0 Å². The molecule has 0 spiro atoms. The summed E-state index contributed by atoms with van der Waals surface area (Å²) in [5.74, 6) is 2.25. The molecule has 4 aliphatic carbocycles. The lowest BCUT2D eigenvalue weighted by atomic mass is 9.49. The fourth-order valence-corrected chi connectivity index (χ4v) is 5.36. The van der Waals surface area contributed by atoms with E-state index in [-0.39, 0.29) is 11.2 Å². The number of hydrogen-bond donors (Lipinski definition) is 1. The number of aromatic nitrogens is 1. The largest absolute Gasteiger partial charge is 0.475 e. The monoisotopic (exact) mass is 275 g/mol. The van der Waals surface area contributed by atoms with Crippen molar-refractivity contribution in [2.75, 3.05) is 0 Å². The van der Waals surface area contributed by atoms with Gasteiger partial charge >= 0.3 is 5.97 Å². The molecule has 0 radical (unpaired) electrons. The van der Waals surface area contributed by atoms with E-state index in [0.717, 1.165) is 42.9 Å². The summed E-state index contributed by atoms with van der Waals surface area (Å²) in [5.41, 5.74) is 0.662. The first-order chi connectivity index (χ1) is 9.59. The molecule has 4 fully saturated rings. The molecule has 0 atom stereocenters.